The summed E-state index contributed by atoms with van der Waals surface area (Å²) >= 11 is 6.13. The SMILES string of the molecule is CN=C(C)C(Cl)c1ccccc1. The Kier molecular flexibility index (Phi) is 3.30. The molecular formula is C10H12ClN. The maximum absolute atomic E-state index is 6.13. The highest BCUT2D eigenvalue weighted by Gasteiger charge is 2.08. The summed E-state index contributed by atoms with van der Waals surface area (Å²) in [6, 6.07) is 9.95. The van der Waals surface area contributed by atoms with Gasteiger partial charge in [-0.15, -0.1) is 11.6 Å². The van der Waals surface area contributed by atoms with Gasteiger partial charge in [0.25, 0.3) is 0 Å². The topological polar surface area (TPSA) is 12.4 Å². The minimum atomic E-state index is -0.0869. The van der Waals surface area contributed by atoms with Crippen LogP contribution in [0.2, 0.25) is 0 Å². The van der Waals surface area contributed by atoms with Crippen LogP contribution in [0, 0.1) is 0 Å². The molecule has 0 aliphatic carbocycles. The highest BCUT2D eigenvalue weighted by molar-refractivity contribution is 6.31. The molecule has 0 radical (unpaired) electrons. The summed E-state index contributed by atoms with van der Waals surface area (Å²) in [4.78, 5) is 4.05. The highest BCUT2D eigenvalue weighted by Crippen LogP contribution is 2.21. The number of halogens is 1. The van der Waals surface area contributed by atoms with Crippen LogP contribution in [-0.4, -0.2) is 12.8 Å². The van der Waals surface area contributed by atoms with E-state index in [9.17, 15) is 0 Å². The summed E-state index contributed by atoms with van der Waals surface area (Å²) in [7, 11) is 1.76. The monoisotopic (exact) mass is 181 g/mol. The third-order valence-corrected chi connectivity index (χ3v) is 2.38. The van der Waals surface area contributed by atoms with Crippen molar-refractivity contribution in [2.75, 3.05) is 7.05 Å². The zero-order chi connectivity index (χ0) is 8.97. The van der Waals surface area contributed by atoms with Gasteiger partial charge in [0.15, 0.2) is 0 Å². The van der Waals surface area contributed by atoms with Crippen LogP contribution >= 0.6 is 11.6 Å². The lowest BCUT2D eigenvalue weighted by molar-refractivity contribution is 1.22. The second-order valence-corrected chi connectivity index (χ2v) is 3.07. The van der Waals surface area contributed by atoms with Crippen molar-refractivity contribution in [3.05, 3.63) is 35.9 Å². The van der Waals surface area contributed by atoms with E-state index in [-0.39, 0.29) is 5.38 Å². The number of aliphatic imine (C=N–C) groups is 1. The van der Waals surface area contributed by atoms with E-state index in [4.69, 9.17) is 11.6 Å². The first-order chi connectivity index (χ1) is 5.75. The Morgan fingerprint density at radius 1 is 1.33 bits per heavy atom. The fraction of sp³-hybridized carbons (Fsp3) is 0.300. The zero-order valence-corrected chi connectivity index (χ0v) is 8.05. The van der Waals surface area contributed by atoms with Gasteiger partial charge in [-0.25, -0.2) is 0 Å². The Hall–Kier alpha value is -0.820. The predicted octanol–water partition coefficient (Wildman–Crippen LogP) is 3.06. The van der Waals surface area contributed by atoms with Gasteiger partial charge >= 0.3 is 0 Å². The van der Waals surface area contributed by atoms with E-state index < -0.39 is 0 Å². The molecule has 0 fully saturated rings. The summed E-state index contributed by atoms with van der Waals surface area (Å²) in [5.74, 6) is 0. The van der Waals surface area contributed by atoms with Crippen LogP contribution in [0.15, 0.2) is 35.3 Å². The first-order valence-electron chi connectivity index (χ1n) is 3.88. The standard InChI is InChI=1S/C10H12ClN/c1-8(12-2)10(11)9-6-4-3-5-7-9/h3-7,10H,1-2H3. The van der Waals surface area contributed by atoms with Crippen LogP contribution in [-0.2, 0) is 0 Å². The van der Waals surface area contributed by atoms with Crippen molar-refractivity contribution >= 4 is 17.3 Å². The lowest BCUT2D eigenvalue weighted by Gasteiger charge is -2.07. The van der Waals surface area contributed by atoms with E-state index >= 15 is 0 Å². The van der Waals surface area contributed by atoms with Crippen molar-refractivity contribution in [2.45, 2.75) is 12.3 Å². The van der Waals surface area contributed by atoms with Crippen LogP contribution in [0.25, 0.3) is 0 Å². The van der Waals surface area contributed by atoms with Gasteiger partial charge in [0, 0.05) is 12.8 Å². The molecule has 1 nitrogen and oxygen atoms in total. The van der Waals surface area contributed by atoms with Crippen LogP contribution in [0.1, 0.15) is 17.9 Å². The Morgan fingerprint density at radius 2 is 1.92 bits per heavy atom. The lowest BCUT2D eigenvalue weighted by atomic mass is 10.1. The number of alkyl halides is 1. The molecule has 0 heterocycles. The molecule has 1 atom stereocenters. The maximum atomic E-state index is 6.13. The van der Waals surface area contributed by atoms with Gasteiger partial charge in [-0.3, -0.25) is 4.99 Å². The maximum Gasteiger partial charge on any atom is 0.0960 e. The second-order valence-electron chi connectivity index (χ2n) is 2.64. The second kappa shape index (κ2) is 4.27. The number of hydrogen-bond donors (Lipinski definition) is 0. The Morgan fingerprint density at radius 3 is 2.42 bits per heavy atom. The quantitative estimate of drug-likeness (QED) is 0.491. The van der Waals surface area contributed by atoms with E-state index in [2.05, 4.69) is 4.99 Å². The Labute approximate surface area is 78.1 Å². The fourth-order valence-electron chi connectivity index (χ4n) is 0.977. The molecule has 12 heavy (non-hydrogen) atoms. The zero-order valence-electron chi connectivity index (χ0n) is 7.29. The molecule has 1 aromatic carbocycles. The van der Waals surface area contributed by atoms with Crippen molar-refractivity contribution in [1.29, 1.82) is 0 Å². The lowest BCUT2D eigenvalue weighted by Crippen LogP contribution is -2.01. The molecule has 0 saturated carbocycles. The molecule has 0 bridgehead atoms. The van der Waals surface area contributed by atoms with Gasteiger partial charge in [0.05, 0.1) is 5.38 Å². The van der Waals surface area contributed by atoms with Gasteiger partial charge < -0.3 is 0 Å². The normalized spacial score (nSPS) is 14.4. The molecule has 0 N–H and O–H groups in total. The van der Waals surface area contributed by atoms with E-state index in [0.29, 0.717) is 0 Å². The number of benzene rings is 1. The minimum Gasteiger partial charge on any atom is -0.296 e. The summed E-state index contributed by atoms with van der Waals surface area (Å²) < 4.78 is 0. The molecule has 1 aromatic rings. The van der Waals surface area contributed by atoms with Crippen molar-refractivity contribution in [3.63, 3.8) is 0 Å². The van der Waals surface area contributed by atoms with E-state index in [0.717, 1.165) is 11.3 Å². The van der Waals surface area contributed by atoms with Gasteiger partial charge in [0.1, 0.15) is 0 Å². The average Bonchev–Trinajstić information content (AvgIpc) is 2.17. The largest absolute Gasteiger partial charge is 0.296 e. The van der Waals surface area contributed by atoms with E-state index in [1.807, 2.05) is 37.3 Å². The summed E-state index contributed by atoms with van der Waals surface area (Å²) in [6.45, 7) is 1.94. The molecule has 0 spiro atoms. The fourth-order valence-corrected chi connectivity index (χ4v) is 1.22. The molecule has 0 amide bonds. The highest BCUT2D eigenvalue weighted by atomic mass is 35.5. The summed E-state index contributed by atoms with van der Waals surface area (Å²) in [6.07, 6.45) is 0. The molecular weight excluding hydrogens is 170 g/mol. The van der Waals surface area contributed by atoms with Crippen molar-refractivity contribution < 1.29 is 0 Å². The van der Waals surface area contributed by atoms with Crippen molar-refractivity contribution in [1.82, 2.24) is 0 Å². The number of rotatable bonds is 2. The first-order valence-corrected chi connectivity index (χ1v) is 4.31. The van der Waals surface area contributed by atoms with E-state index in [1.165, 1.54) is 0 Å². The Bertz CT molecular complexity index is 266. The molecule has 0 aromatic heterocycles. The summed E-state index contributed by atoms with van der Waals surface area (Å²) in [5.41, 5.74) is 2.05. The molecule has 0 aliphatic heterocycles. The van der Waals surface area contributed by atoms with Crippen LogP contribution in [0.5, 0.6) is 0 Å². The molecule has 64 valence electrons. The first kappa shape index (κ1) is 9.27. The molecule has 0 aliphatic rings. The summed E-state index contributed by atoms with van der Waals surface area (Å²) in [5, 5.41) is -0.0869. The molecule has 2 heteroatoms. The smallest absolute Gasteiger partial charge is 0.0960 e. The van der Waals surface area contributed by atoms with Crippen LogP contribution in [0.3, 0.4) is 0 Å². The van der Waals surface area contributed by atoms with Gasteiger partial charge in [-0.05, 0) is 12.5 Å². The van der Waals surface area contributed by atoms with E-state index in [1.54, 1.807) is 7.05 Å². The van der Waals surface area contributed by atoms with Gasteiger partial charge in [0.2, 0.25) is 0 Å². The number of hydrogen-bond acceptors (Lipinski definition) is 1. The number of nitrogens with zero attached hydrogens (tertiary/aromatic N) is 1. The van der Waals surface area contributed by atoms with Gasteiger partial charge in [-0.1, -0.05) is 30.3 Å². The van der Waals surface area contributed by atoms with Crippen molar-refractivity contribution in [3.8, 4) is 0 Å². The van der Waals surface area contributed by atoms with Crippen LogP contribution in [0.4, 0.5) is 0 Å². The third-order valence-electron chi connectivity index (χ3n) is 1.81. The molecule has 0 saturated heterocycles. The average molecular weight is 182 g/mol. The van der Waals surface area contributed by atoms with Crippen molar-refractivity contribution in [2.24, 2.45) is 4.99 Å². The Balaban J connectivity index is 2.86. The third kappa shape index (κ3) is 2.08. The minimum absolute atomic E-state index is 0.0869. The van der Waals surface area contributed by atoms with Crippen LogP contribution < -0.4 is 0 Å². The molecule has 1 rings (SSSR count). The molecule has 1 unspecified atom stereocenters. The van der Waals surface area contributed by atoms with Gasteiger partial charge in [-0.2, -0.15) is 0 Å². The predicted molar refractivity (Wildman–Crippen MR) is 54.1 cm³/mol.